The largest absolute Gasteiger partial charge is 0.341 e. The summed E-state index contributed by atoms with van der Waals surface area (Å²) in [7, 11) is 0. The van der Waals surface area contributed by atoms with Crippen LogP contribution in [-0.4, -0.2) is 40.0 Å². The third-order valence-electron chi connectivity index (χ3n) is 3.75. The monoisotopic (exact) mass is 244 g/mol. The van der Waals surface area contributed by atoms with Crippen molar-refractivity contribution in [3.63, 3.8) is 0 Å². The molecular formula is C14H20N4. The fourth-order valence-electron chi connectivity index (χ4n) is 2.58. The van der Waals surface area contributed by atoms with Crippen LogP contribution in [0.1, 0.15) is 19.7 Å². The third kappa shape index (κ3) is 2.13. The van der Waals surface area contributed by atoms with E-state index in [2.05, 4.69) is 46.2 Å². The molecule has 1 aromatic carbocycles. The van der Waals surface area contributed by atoms with Crippen molar-refractivity contribution in [1.29, 1.82) is 0 Å². The highest BCUT2D eigenvalue weighted by Gasteiger charge is 2.29. The van der Waals surface area contributed by atoms with E-state index in [-0.39, 0.29) is 5.54 Å². The molecule has 96 valence electrons. The Bertz CT molecular complexity index is 510. The lowest BCUT2D eigenvalue weighted by atomic mass is 10.0. The van der Waals surface area contributed by atoms with Gasteiger partial charge in [0.1, 0.15) is 5.82 Å². The number of nitrogens with zero attached hydrogens (tertiary/aromatic N) is 2. The SMILES string of the molecule is CC1(C)CNCCN1Cc1nc2ccccc2[nH]1. The molecule has 1 aromatic heterocycles. The van der Waals surface area contributed by atoms with Crippen molar-refractivity contribution >= 4 is 11.0 Å². The molecule has 0 radical (unpaired) electrons. The lowest BCUT2D eigenvalue weighted by molar-refractivity contribution is 0.0803. The van der Waals surface area contributed by atoms with Crippen molar-refractivity contribution in [2.45, 2.75) is 25.9 Å². The molecule has 1 aliphatic heterocycles. The molecule has 2 heterocycles. The summed E-state index contributed by atoms with van der Waals surface area (Å²) in [6.45, 7) is 8.62. The van der Waals surface area contributed by atoms with E-state index in [1.807, 2.05) is 12.1 Å². The van der Waals surface area contributed by atoms with Crippen molar-refractivity contribution in [3.05, 3.63) is 30.1 Å². The van der Waals surface area contributed by atoms with Crippen molar-refractivity contribution in [1.82, 2.24) is 20.2 Å². The Morgan fingerprint density at radius 2 is 2.17 bits per heavy atom. The van der Waals surface area contributed by atoms with Gasteiger partial charge in [0.05, 0.1) is 17.6 Å². The second kappa shape index (κ2) is 4.37. The molecule has 3 rings (SSSR count). The first kappa shape index (κ1) is 11.7. The molecule has 0 unspecified atom stereocenters. The van der Waals surface area contributed by atoms with Gasteiger partial charge in [-0.25, -0.2) is 4.98 Å². The number of piperazine rings is 1. The summed E-state index contributed by atoms with van der Waals surface area (Å²) in [5.74, 6) is 1.06. The first-order valence-electron chi connectivity index (χ1n) is 6.54. The summed E-state index contributed by atoms with van der Waals surface area (Å²) in [5, 5.41) is 3.45. The first-order chi connectivity index (χ1) is 8.65. The van der Waals surface area contributed by atoms with Crippen LogP contribution in [0.5, 0.6) is 0 Å². The van der Waals surface area contributed by atoms with E-state index < -0.39 is 0 Å². The van der Waals surface area contributed by atoms with E-state index in [4.69, 9.17) is 0 Å². The van der Waals surface area contributed by atoms with E-state index >= 15 is 0 Å². The third-order valence-corrected chi connectivity index (χ3v) is 3.75. The standard InChI is InChI=1S/C14H20N4/c1-14(2)10-15-7-8-18(14)9-13-16-11-5-3-4-6-12(11)17-13/h3-6,15H,7-10H2,1-2H3,(H,16,17). The van der Waals surface area contributed by atoms with Crippen LogP contribution in [0.2, 0.25) is 0 Å². The predicted molar refractivity (Wildman–Crippen MR) is 73.5 cm³/mol. The summed E-state index contributed by atoms with van der Waals surface area (Å²) in [5.41, 5.74) is 2.37. The van der Waals surface area contributed by atoms with Gasteiger partial charge in [-0.1, -0.05) is 12.1 Å². The Morgan fingerprint density at radius 1 is 1.33 bits per heavy atom. The van der Waals surface area contributed by atoms with Crippen LogP contribution in [-0.2, 0) is 6.54 Å². The average molecular weight is 244 g/mol. The zero-order valence-electron chi connectivity index (χ0n) is 11.0. The molecule has 0 bridgehead atoms. The zero-order chi connectivity index (χ0) is 12.6. The number of hydrogen-bond acceptors (Lipinski definition) is 3. The number of aromatic nitrogens is 2. The Labute approximate surface area is 107 Å². The maximum atomic E-state index is 4.65. The van der Waals surface area contributed by atoms with Crippen LogP contribution in [0.15, 0.2) is 24.3 Å². The molecule has 4 nitrogen and oxygen atoms in total. The Kier molecular flexibility index (Phi) is 2.84. The highest BCUT2D eigenvalue weighted by atomic mass is 15.3. The Hall–Kier alpha value is -1.39. The maximum absolute atomic E-state index is 4.65. The van der Waals surface area contributed by atoms with Gasteiger partial charge in [-0.2, -0.15) is 0 Å². The average Bonchev–Trinajstić information content (AvgIpc) is 2.74. The predicted octanol–water partition coefficient (Wildman–Crippen LogP) is 1.75. The van der Waals surface area contributed by atoms with Crippen LogP contribution < -0.4 is 5.32 Å². The quantitative estimate of drug-likeness (QED) is 0.846. The second-order valence-electron chi connectivity index (χ2n) is 5.61. The fourth-order valence-corrected chi connectivity index (χ4v) is 2.58. The van der Waals surface area contributed by atoms with Gasteiger partial charge >= 0.3 is 0 Å². The molecule has 1 saturated heterocycles. The molecule has 4 heteroatoms. The summed E-state index contributed by atoms with van der Waals surface area (Å²) in [6, 6.07) is 8.20. The minimum Gasteiger partial charge on any atom is -0.341 e. The van der Waals surface area contributed by atoms with Crippen LogP contribution in [0.3, 0.4) is 0 Å². The summed E-state index contributed by atoms with van der Waals surface area (Å²) in [4.78, 5) is 10.5. The number of fused-ring (bicyclic) bond motifs is 1. The van der Waals surface area contributed by atoms with Gasteiger partial charge in [0.2, 0.25) is 0 Å². The highest BCUT2D eigenvalue weighted by molar-refractivity contribution is 5.74. The van der Waals surface area contributed by atoms with Crippen LogP contribution >= 0.6 is 0 Å². The lowest BCUT2D eigenvalue weighted by Crippen LogP contribution is -2.57. The van der Waals surface area contributed by atoms with Crippen molar-refractivity contribution in [3.8, 4) is 0 Å². The van der Waals surface area contributed by atoms with Crippen LogP contribution in [0, 0.1) is 0 Å². The van der Waals surface area contributed by atoms with Crippen LogP contribution in [0.25, 0.3) is 11.0 Å². The number of H-pyrrole nitrogens is 1. The number of para-hydroxylation sites is 2. The van der Waals surface area contributed by atoms with Gasteiger partial charge in [-0.15, -0.1) is 0 Å². The normalized spacial score (nSPS) is 20.3. The minimum absolute atomic E-state index is 0.192. The number of nitrogens with one attached hydrogen (secondary N) is 2. The van der Waals surface area contributed by atoms with E-state index in [0.717, 1.165) is 43.0 Å². The van der Waals surface area contributed by atoms with Gasteiger partial charge in [-0.3, -0.25) is 4.90 Å². The zero-order valence-corrected chi connectivity index (χ0v) is 11.0. The number of hydrogen-bond donors (Lipinski definition) is 2. The molecular weight excluding hydrogens is 224 g/mol. The Balaban J connectivity index is 1.83. The number of rotatable bonds is 2. The summed E-state index contributed by atoms with van der Waals surface area (Å²) < 4.78 is 0. The second-order valence-corrected chi connectivity index (χ2v) is 5.61. The lowest BCUT2D eigenvalue weighted by Gasteiger charge is -2.42. The van der Waals surface area contributed by atoms with Crippen molar-refractivity contribution in [2.24, 2.45) is 0 Å². The summed E-state index contributed by atoms with van der Waals surface area (Å²) in [6.07, 6.45) is 0. The molecule has 2 aromatic rings. The molecule has 0 atom stereocenters. The number of benzene rings is 1. The summed E-state index contributed by atoms with van der Waals surface area (Å²) >= 11 is 0. The molecule has 2 N–H and O–H groups in total. The topological polar surface area (TPSA) is 44.0 Å². The van der Waals surface area contributed by atoms with Gasteiger partial charge < -0.3 is 10.3 Å². The molecule has 1 aliphatic rings. The molecule has 0 spiro atoms. The van der Waals surface area contributed by atoms with E-state index in [0.29, 0.717) is 0 Å². The molecule has 1 fully saturated rings. The molecule has 0 aliphatic carbocycles. The highest BCUT2D eigenvalue weighted by Crippen LogP contribution is 2.19. The van der Waals surface area contributed by atoms with Crippen LogP contribution in [0.4, 0.5) is 0 Å². The smallest absolute Gasteiger partial charge is 0.121 e. The molecule has 0 amide bonds. The van der Waals surface area contributed by atoms with Gasteiger partial charge in [0.25, 0.3) is 0 Å². The number of imidazole rings is 1. The van der Waals surface area contributed by atoms with Gasteiger partial charge in [-0.05, 0) is 26.0 Å². The van der Waals surface area contributed by atoms with Crippen molar-refractivity contribution in [2.75, 3.05) is 19.6 Å². The van der Waals surface area contributed by atoms with E-state index in [1.165, 1.54) is 0 Å². The van der Waals surface area contributed by atoms with Crippen molar-refractivity contribution < 1.29 is 0 Å². The number of aromatic amines is 1. The maximum Gasteiger partial charge on any atom is 0.121 e. The fraction of sp³-hybridized carbons (Fsp3) is 0.500. The van der Waals surface area contributed by atoms with E-state index in [1.54, 1.807) is 0 Å². The Morgan fingerprint density at radius 3 is 2.94 bits per heavy atom. The molecule has 0 saturated carbocycles. The van der Waals surface area contributed by atoms with Gasteiger partial charge in [0, 0.05) is 25.2 Å². The minimum atomic E-state index is 0.192. The molecule has 18 heavy (non-hydrogen) atoms. The van der Waals surface area contributed by atoms with Gasteiger partial charge in [0.15, 0.2) is 0 Å². The first-order valence-corrected chi connectivity index (χ1v) is 6.54. The van der Waals surface area contributed by atoms with E-state index in [9.17, 15) is 0 Å².